The van der Waals surface area contributed by atoms with Crippen LogP contribution in [-0.4, -0.2) is 0 Å². The van der Waals surface area contributed by atoms with Gasteiger partial charge < -0.3 is 0 Å². The summed E-state index contributed by atoms with van der Waals surface area (Å²) in [5.41, 5.74) is 0. The molecular weight excluding hydrogens is 192 g/mol. The molecule has 0 radical (unpaired) electrons. The molecule has 0 aliphatic carbocycles. The standard InChI is InChI=1S/C16H32/c1-4-6-8-9-10-11-12-13-15-16(3)14-7-5-2/h13,15-16H,4-12,14H2,1-3H3. The normalized spacial score (nSPS) is 13.4. The first-order chi connectivity index (χ1) is 7.81. The summed E-state index contributed by atoms with van der Waals surface area (Å²) in [5.74, 6) is 0.792. The molecule has 0 spiro atoms. The van der Waals surface area contributed by atoms with Crippen LogP contribution in [0.3, 0.4) is 0 Å². The van der Waals surface area contributed by atoms with Crippen molar-refractivity contribution in [2.75, 3.05) is 0 Å². The van der Waals surface area contributed by atoms with Crippen molar-refractivity contribution in [1.82, 2.24) is 0 Å². The average Bonchev–Trinajstić information content (AvgIpc) is 2.30. The maximum Gasteiger partial charge on any atom is -0.0262 e. The monoisotopic (exact) mass is 224 g/mol. The molecule has 0 aromatic heterocycles. The quantitative estimate of drug-likeness (QED) is 0.293. The third-order valence-electron chi connectivity index (χ3n) is 3.20. The van der Waals surface area contributed by atoms with Crippen LogP contribution in [0.15, 0.2) is 12.2 Å². The molecule has 0 aliphatic rings. The number of hydrogen-bond acceptors (Lipinski definition) is 0. The van der Waals surface area contributed by atoms with Crippen LogP contribution in [0.2, 0.25) is 0 Å². The van der Waals surface area contributed by atoms with Gasteiger partial charge in [0.25, 0.3) is 0 Å². The van der Waals surface area contributed by atoms with Gasteiger partial charge >= 0.3 is 0 Å². The number of hydrogen-bond donors (Lipinski definition) is 0. The lowest BCUT2D eigenvalue weighted by molar-refractivity contribution is 0.591. The Morgan fingerprint density at radius 1 is 0.812 bits per heavy atom. The number of allylic oxidation sites excluding steroid dienone is 2. The van der Waals surface area contributed by atoms with Crippen LogP contribution in [0, 0.1) is 5.92 Å². The predicted molar refractivity (Wildman–Crippen MR) is 75.8 cm³/mol. The lowest BCUT2D eigenvalue weighted by Crippen LogP contribution is -1.88. The average molecular weight is 224 g/mol. The molecule has 0 aromatic carbocycles. The largest absolute Gasteiger partial charge is 0.0883 e. The third kappa shape index (κ3) is 11.8. The summed E-state index contributed by atoms with van der Waals surface area (Å²) in [6, 6.07) is 0. The molecule has 0 saturated carbocycles. The first kappa shape index (κ1) is 15.7. The molecule has 0 N–H and O–H groups in total. The molecule has 1 atom stereocenters. The smallest absolute Gasteiger partial charge is 0.0262 e. The molecule has 96 valence electrons. The number of unbranched alkanes of at least 4 members (excludes halogenated alkanes) is 7. The van der Waals surface area contributed by atoms with E-state index in [-0.39, 0.29) is 0 Å². The van der Waals surface area contributed by atoms with Crippen molar-refractivity contribution in [3.8, 4) is 0 Å². The zero-order valence-corrected chi connectivity index (χ0v) is 11.8. The molecule has 0 rings (SSSR count). The van der Waals surface area contributed by atoms with E-state index in [4.69, 9.17) is 0 Å². The van der Waals surface area contributed by atoms with Crippen LogP contribution < -0.4 is 0 Å². The van der Waals surface area contributed by atoms with Gasteiger partial charge in [-0.25, -0.2) is 0 Å². The Balaban J connectivity index is 3.20. The fourth-order valence-corrected chi connectivity index (χ4v) is 1.99. The van der Waals surface area contributed by atoms with Crippen LogP contribution in [0.4, 0.5) is 0 Å². The van der Waals surface area contributed by atoms with E-state index in [1.807, 2.05) is 0 Å². The topological polar surface area (TPSA) is 0 Å². The molecule has 0 aromatic rings. The molecule has 0 bridgehead atoms. The minimum atomic E-state index is 0.792. The second-order valence-corrected chi connectivity index (χ2v) is 5.10. The van der Waals surface area contributed by atoms with E-state index in [0.29, 0.717) is 0 Å². The van der Waals surface area contributed by atoms with Gasteiger partial charge in [0.1, 0.15) is 0 Å². The second kappa shape index (κ2) is 12.8. The van der Waals surface area contributed by atoms with Gasteiger partial charge in [-0.1, -0.05) is 77.9 Å². The zero-order valence-electron chi connectivity index (χ0n) is 11.8. The van der Waals surface area contributed by atoms with Gasteiger partial charge in [-0.2, -0.15) is 0 Å². The van der Waals surface area contributed by atoms with Gasteiger partial charge in [-0.05, 0) is 25.2 Å². The number of rotatable bonds is 11. The van der Waals surface area contributed by atoms with Crippen molar-refractivity contribution in [3.05, 3.63) is 12.2 Å². The molecule has 0 heteroatoms. The summed E-state index contributed by atoms with van der Waals surface area (Å²) in [4.78, 5) is 0. The second-order valence-electron chi connectivity index (χ2n) is 5.10. The Bertz CT molecular complexity index is 146. The van der Waals surface area contributed by atoms with Gasteiger partial charge in [0, 0.05) is 0 Å². The molecule has 0 amide bonds. The van der Waals surface area contributed by atoms with E-state index >= 15 is 0 Å². The maximum atomic E-state index is 2.42. The van der Waals surface area contributed by atoms with Crippen molar-refractivity contribution in [3.63, 3.8) is 0 Å². The minimum Gasteiger partial charge on any atom is -0.0883 e. The summed E-state index contributed by atoms with van der Waals surface area (Å²) >= 11 is 0. The molecule has 0 nitrogen and oxygen atoms in total. The summed E-state index contributed by atoms with van der Waals surface area (Å²) < 4.78 is 0. The van der Waals surface area contributed by atoms with Crippen molar-refractivity contribution < 1.29 is 0 Å². The van der Waals surface area contributed by atoms with Crippen LogP contribution in [0.5, 0.6) is 0 Å². The van der Waals surface area contributed by atoms with Gasteiger partial charge in [0.2, 0.25) is 0 Å². The summed E-state index contributed by atoms with van der Waals surface area (Å²) in [6.07, 6.45) is 18.7. The van der Waals surface area contributed by atoms with E-state index in [1.54, 1.807) is 0 Å². The van der Waals surface area contributed by atoms with E-state index < -0.39 is 0 Å². The van der Waals surface area contributed by atoms with E-state index in [0.717, 1.165) is 5.92 Å². The Kier molecular flexibility index (Phi) is 12.6. The lowest BCUT2D eigenvalue weighted by atomic mass is 10.0. The van der Waals surface area contributed by atoms with Crippen molar-refractivity contribution in [2.45, 2.75) is 85.0 Å². The summed E-state index contributed by atoms with van der Waals surface area (Å²) in [7, 11) is 0. The molecule has 0 saturated heterocycles. The highest BCUT2D eigenvalue weighted by atomic mass is 14.0. The van der Waals surface area contributed by atoms with Gasteiger partial charge in [0.15, 0.2) is 0 Å². The molecule has 0 heterocycles. The van der Waals surface area contributed by atoms with Crippen molar-refractivity contribution in [2.24, 2.45) is 5.92 Å². The van der Waals surface area contributed by atoms with Crippen LogP contribution in [0.25, 0.3) is 0 Å². The van der Waals surface area contributed by atoms with E-state index in [1.165, 1.54) is 64.2 Å². The highest BCUT2D eigenvalue weighted by Gasteiger charge is 1.94. The Morgan fingerprint density at radius 2 is 1.44 bits per heavy atom. The molecule has 0 aliphatic heterocycles. The lowest BCUT2D eigenvalue weighted by Gasteiger charge is -2.03. The van der Waals surface area contributed by atoms with Crippen LogP contribution in [0.1, 0.15) is 85.0 Å². The Labute approximate surface area is 104 Å². The highest BCUT2D eigenvalue weighted by molar-refractivity contribution is 4.86. The van der Waals surface area contributed by atoms with Crippen LogP contribution >= 0.6 is 0 Å². The predicted octanol–water partition coefficient (Wildman–Crippen LogP) is 6.12. The third-order valence-corrected chi connectivity index (χ3v) is 3.20. The van der Waals surface area contributed by atoms with E-state index in [2.05, 4.69) is 32.9 Å². The molecule has 0 fully saturated rings. The Morgan fingerprint density at radius 3 is 2.12 bits per heavy atom. The van der Waals surface area contributed by atoms with Crippen molar-refractivity contribution in [1.29, 1.82) is 0 Å². The fourth-order valence-electron chi connectivity index (χ4n) is 1.99. The maximum absolute atomic E-state index is 2.42. The fraction of sp³-hybridized carbons (Fsp3) is 0.875. The highest BCUT2D eigenvalue weighted by Crippen LogP contribution is 2.11. The van der Waals surface area contributed by atoms with E-state index in [9.17, 15) is 0 Å². The first-order valence-corrected chi connectivity index (χ1v) is 7.47. The van der Waals surface area contributed by atoms with Crippen LogP contribution in [-0.2, 0) is 0 Å². The summed E-state index contributed by atoms with van der Waals surface area (Å²) in [5, 5.41) is 0. The SMILES string of the molecule is CCCCCCCCC=CC(C)CCCC. The van der Waals surface area contributed by atoms with Gasteiger partial charge in [-0.15, -0.1) is 0 Å². The molecular formula is C16H32. The first-order valence-electron chi connectivity index (χ1n) is 7.47. The minimum absolute atomic E-state index is 0.792. The Hall–Kier alpha value is -0.260. The van der Waals surface area contributed by atoms with Gasteiger partial charge in [-0.3, -0.25) is 0 Å². The summed E-state index contributed by atoms with van der Waals surface area (Å²) in [6.45, 7) is 6.89. The van der Waals surface area contributed by atoms with Crippen molar-refractivity contribution >= 4 is 0 Å². The van der Waals surface area contributed by atoms with Gasteiger partial charge in [0.05, 0.1) is 0 Å². The zero-order chi connectivity index (χ0) is 12.1. The molecule has 1 unspecified atom stereocenters. The molecule has 16 heavy (non-hydrogen) atoms.